The maximum Gasteiger partial charge on any atom is 0.240 e. The van der Waals surface area contributed by atoms with E-state index < -0.39 is 0 Å². The molecular formula is C20H22N4O2S. The van der Waals surface area contributed by atoms with Crippen molar-refractivity contribution in [3.05, 3.63) is 60.2 Å². The minimum Gasteiger partial charge on any atom is -0.497 e. The predicted octanol–water partition coefficient (Wildman–Crippen LogP) is 3.41. The molecular weight excluding hydrogens is 360 g/mol. The number of carbonyl (C=O) groups excluding carboxylic acids is 1. The standard InChI is InChI=1S/C20H22N4O2S/c1-23(2)19(25)17(14-8-6-5-7-9-14)27-20-22-21-18(24(20)3)15-10-12-16(26-4)13-11-15/h5-13,17H,1-4H3. The Labute approximate surface area is 163 Å². The molecule has 1 heterocycles. The lowest BCUT2D eigenvalue weighted by Crippen LogP contribution is -2.26. The molecule has 1 unspecified atom stereocenters. The van der Waals surface area contributed by atoms with E-state index in [0.29, 0.717) is 5.16 Å². The van der Waals surface area contributed by atoms with Gasteiger partial charge in [-0.25, -0.2) is 0 Å². The second-order valence-electron chi connectivity index (χ2n) is 6.23. The molecule has 0 aliphatic heterocycles. The number of benzene rings is 2. The van der Waals surface area contributed by atoms with Crippen molar-refractivity contribution in [3.8, 4) is 17.1 Å². The third-order valence-electron chi connectivity index (χ3n) is 4.17. The first-order valence-corrected chi connectivity index (χ1v) is 9.36. The molecule has 0 aliphatic carbocycles. The largest absolute Gasteiger partial charge is 0.497 e. The Balaban J connectivity index is 1.91. The van der Waals surface area contributed by atoms with Crippen LogP contribution >= 0.6 is 11.8 Å². The average Bonchev–Trinajstić information content (AvgIpc) is 3.06. The summed E-state index contributed by atoms with van der Waals surface area (Å²) in [6, 6.07) is 17.4. The normalized spacial score (nSPS) is 11.9. The zero-order chi connectivity index (χ0) is 19.4. The van der Waals surface area contributed by atoms with Gasteiger partial charge < -0.3 is 14.2 Å². The first kappa shape index (κ1) is 19.0. The Kier molecular flexibility index (Phi) is 5.81. The first-order chi connectivity index (χ1) is 13.0. The van der Waals surface area contributed by atoms with Gasteiger partial charge in [0.05, 0.1) is 7.11 Å². The number of hydrogen-bond donors (Lipinski definition) is 0. The molecule has 1 atom stereocenters. The summed E-state index contributed by atoms with van der Waals surface area (Å²) in [4.78, 5) is 14.3. The van der Waals surface area contributed by atoms with Gasteiger partial charge >= 0.3 is 0 Å². The van der Waals surface area contributed by atoms with Gasteiger partial charge in [-0.15, -0.1) is 10.2 Å². The fourth-order valence-electron chi connectivity index (χ4n) is 2.64. The van der Waals surface area contributed by atoms with Crippen molar-refractivity contribution in [2.75, 3.05) is 21.2 Å². The van der Waals surface area contributed by atoms with Gasteiger partial charge in [0.1, 0.15) is 11.0 Å². The van der Waals surface area contributed by atoms with E-state index in [1.165, 1.54) is 11.8 Å². The molecule has 0 saturated heterocycles. The fraction of sp³-hybridized carbons (Fsp3) is 0.250. The fourth-order valence-corrected chi connectivity index (χ4v) is 3.79. The molecule has 3 rings (SSSR count). The van der Waals surface area contributed by atoms with Gasteiger partial charge in [-0.1, -0.05) is 42.1 Å². The topological polar surface area (TPSA) is 60.3 Å². The van der Waals surface area contributed by atoms with Crippen LogP contribution in [-0.2, 0) is 11.8 Å². The molecule has 1 amide bonds. The number of thioether (sulfide) groups is 1. The highest BCUT2D eigenvalue weighted by molar-refractivity contribution is 8.00. The van der Waals surface area contributed by atoms with E-state index in [0.717, 1.165) is 22.7 Å². The van der Waals surface area contributed by atoms with Crippen molar-refractivity contribution in [3.63, 3.8) is 0 Å². The number of hydrogen-bond acceptors (Lipinski definition) is 5. The van der Waals surface area contributed by atoms with Gasteiger partial charge in [-0.05, 0) is 29.8 Å². The summed E-state index contributed by atoms with van der Waals surface area (Å²) in [7, 11) is 7.07. The van der Waals surface area contributed by atoms with E-state index in [1.54, 1.807) is 26.1 Å². The van der Waals surface area contributed by atoms with Crippen LogP contribution < -0.4 is 4.74 Å². The summed E-state index contributed by atoms with van der Waals surface area (Å²) in [6.45, 7) is 0. The van der Waals surface area contributed by atoms with Crippen molar-refractivity contribution in [2.45, 2.75) is 10.4 Å². The molecule has 0 spiro atoms. The highest BCUT2D eigenvalue weighted by Gasteiger charge is 2.26. The quantitative estimate of drug-likeness (QED) is 0.612. The van der Waals surface area contributed by atoms with Gasteiger partial charge in [-0.3, -0.25) is 4.79 Å². The lowest BCUT2D eigenvalue weighted by atomic mass is 10.1. The zero-order valence-corrected chi connectivity index (χ0v) is 16.6. The summed E-state index contributed by atoms with van der Waals surface area (Å²) in [5.74, 6) is 1.54. The van der Waals surface area contributed by atoms with E-state index in [2.05, 4.69) is 10.2 Å². The Bertz CT molecular complexity index is 907. The number of carbonyl (C=O) groups is 1. The first-order valence-electron chi connectivity index (χ1n) is 8.48. The maximum absolute atomic E-state index is 12.7. The van der Waals surface area contributed by atoms with Crippen molar-refractivity contribution in [1.29, 1.82) is 0 Å². The zero-order valence-electron chi connectivity index (χ0n) is 15.8. The second kappa shape index (κ2) is 8.26. The van der Waals surface area contributed by atoms with Gasteiger partial charge in [-0.2, -0.15) is 0 Å². The molecule has 0 aliphatic rings. The molecule has 0 N–H and O–H groups in total. The van der Waals surface area contributed by atoms with E-state index in [4.69, 9.17) is 4.74 Å². The Morgan fingerprint density at radius 2 is 1.74 bits per heavy atom. The number of ether oxygens (including phenoxy) is 1. The lowest BCUT2D eigenvalue weighted by Gasteiger charge is -2.20. The molecule has 0 bridgehead atoms. The predicted molar refractivity (Wildman–Crippen MR) is 107 cm³/mol. The van der Waals surface area contributed by atoms with Crippen LogP contribution in [0.3, 0.4) is 0 Å². The number of aromatic nitrogens is 3. The van der Waals surface area contributed by atoms with Crippen molar-refractivity contribution in [1.82, 2.24) is 19.7 Å². The molecule has 1 aromatic heterocycles. The molecule has 3 aromatic rings. The summed E-state index contributed by atoms with van der Waals surface area (Å²) < 4.78 is 7.11. The SMILES string of the molecule is COc1ccc(-c2nnc(SC(C(=O)N(C)C)c3ccccc3)n2C)cc1. The van der Waals surface area contributed by atoms with E-state index in [1.807, 2.05) is 66.2 Å². The Morgan fingerprint density at radius 1 is 1.07 bits per heavy atom. The number of methoxy groups -OCH3 is 1. The van der Waals surface area contributed by atoms with Crippen LogP contribution in [0.25, 0.3) is 11.4 Å². The smallest absolute Gasteiger partial charge is 0.240 e. The van der Waals surface area contributed by atoms with Crippen molar-refractivity contribution < 1.29 is 9.53 Å². The van der Waals surface area contributed by atoms with Gasteiger partial charge in [0.2, 0.25) is 5.91 Å². The van der Waals surface area contributed by atoms with Crippen LogP contribution in [0.15, 0.2) is 59.8 Å². The van der Waals surface area contributed by atoms with Crippen molar-refractivity contribution in [2.24, 2.45) is 7.05 Å². The number of likely N-dealkylation sites (N-methyl/N-ethyl adjacent to an activating group) is 1. The molecule has 0 fully saturated rings. The number of rotatable bonds is 6. The minimum absolute atomic E-state index is 0.0141. The highest BCUT2D eigenvalue weighted by Crippen LogP contribution is 2.36. The van der Waals surface area contributed by atoms with Gasteiger partial charge in [0.15, 0.2) is 11.0 Å². The van der Waals surface area contributed by atoms with Crippen molar-refractivity contribution >= 4 is 17.7 Å². The molecule has 140 valence electrons. The molecule has 6 nitrogen and oxygen atoms in total. The van der Waals surface area contributed by atoms with Gasteiger partial charge in [0.25, 0.3) is 0 Å². The minimum atomic E-state index is -0.382. The summed E-state index contributed by atoms with van der Waals surface area (Å²) in [6.07, 6.45) is 0. The number of nitrogens with zero attached hydrogens (tertiary/aromatic N) is 4. The monoisotopic (exact) mass is 382 g/mol. The van der Waals surface area contributed by atoms with Gasteiger partial charge in [0, 0.05) is 26.7 Å². The second-order valence-corrected chi connectivity index (χ2v) is 7.31. The summed E-state index contributed by atoms with van der Waals surface area (Å²) in [5.41, 5.74) is 1.88. The lowest BCUT2D eigenvalue weighted by molar-refractivity contribution is -0.128. The highest BCUT2D eigenvalue weighted by atomic mass is 32.2. The Hall–Kier alpha value is -2.80. The van der Waals surface area contributed by atoms with E-state index in [9.17, 15) is 4.79 Å². The third kappa shape index (κ3) is 4.14. The van der Waals surface area contributed by atoms with Crippen LogP contribution in [0.5, 0.6) is 5.75 Å². The van der Waals surface area contributed by atoms with E-state index >= 15 is 0 Å². The maximum atomic E-state index is 12.7. The van der Waals surface area contributed by atoms with E-state index in [-0.39, 0.29) is 11.2 Å². The van der Waals surface area contributed by atoms with Crippen LogP contribution in [0.4, 0.5) is 0 Å². The molecule has 7 heteroatoms. The van der Waals surface area contributed by atoms with Crippen LogP contribution in [0, 0.1) is 0 Å². The summed E-state index contributed by atoms with van der Waals surface area (Å²) >= 11 is 1.40. The summed E-state index contributed by atoms with van der Waals surface area (Å²) in [5, 5.41) is 8.94. The average molecular weight is 382 g/mol. The van der Waals surface area contributed by atoms with Crippen LogP contribution in [0.2, 0.25) is 0 Å². The molecule has 0 radical (unpaired) electrons. The number of amides is 1. The molecule has 2 aromatic carbocycles. The van der Waals surface area contributed by atoms with Crippen LogP contribution in [-0.4, -0.2) is 46.8 Å². The third-order valence-corrected chi connectivity index (χ3v) is 5.45. The van der Waals surface area contributed by atoms with Crippen LogP contribution in [0.1, 0.15) is 10.8 Å². The molecule has 27 heavy (non-hydrogen) atoms. The Morgan fingerprint density at radius 3 is 2.33 bits per heavy atom. The molecule has 0 saturated carbocycles.